The fourth-order valence-electron chi connectivity index (χ4n) is 2.63. The molecule has 4 heteroatoms. The molecule has 3 nitrogen and oxygen atoms in total. The highest BCUT2D eigenvalue weighted by Crippen LogP contribution is 2.25. The Morgan fingerprint density at radius 2 is 2.17 bits per heavy atom. The molecular weight excluding hydrogens is 242 g/mol. The molecule has 0 amide bonds. The Morgan fingerprint density at radius 1 is 1.44 bits per heavy atom. The van der Waals surface area contributed by atoms with E-state index in [4.69, 9.17) is 18.0 Å². The summed E-state index contributed by atoms with van der Waals surface area (Å²) in [5.41, 5.74) is 6.55. The third-order valence-electron chi connectivity index (χ3n) is 3.68. The second-order valence-electron chi connectivity index (χ2n) is 5.15. The van der Waals surface area contributed by atoms with E-state index in [1.165, 1.54) is 32.1 Å². The van der Waals surface area contributed by atoms with E-state index < -0.39 is 0 Å². The number of thiocarbonyl (C=S) groups is 1. The van der Waals surface area contributed by atoms with Crippen LogP contribution in [0.1, 0.15) is 37.7 Å². The monoisotopic (exact) mass is 263 g/mol. The number of anilines is 1. The van der Waals surface area contributed by atoms with Gasteiger partial charge in [-0.15, -0.1) is 0 Å². The number of nitrogens with two attached hydrogens (primary N) is 1. The van der Waals surface area contributed by atoms with Gasteiger partial charge in [-0.25, -0.2) is 4.98 Å². The van der Waals surface area contributed by atoms with Gasteiger partial charge in [-0.05, 0) is 30.9 Å². The Morgan fingerprint density at radius 3 is 2.83 bits per heavy atom. The summed E-state index contributed by atoms with van der Waals surface area (Å²) in [7, 11) is 2.10. The first kappa shape index (κ1) is 13.3. The largest absolute Gasteiger partial charge is 0.389 e. The molecule has 0 aromatic carbocycles. The molecule has 0 radical (unpaired) electrons. The average Bonchev–Trinajstić information content (AvgIpc) is 2.40. The Balaban J connectivity index is 2.01. The van der Waals surface area contributed by atoms with E-state index in [1.54, 1.807) is 6.20 Å². The second kappa shape index (κ2) is 6.14. The maximum atomic E-state index is 5.65. The number of pyridine rings is 1. The average molecular weight is 263 g/mol. The topological polar surface area (TPSA) is 42.1 Å². The van der Waals surface area contributed by atoms with Gasteiger partial charge in [0.25, 0.3) is 0 Å². The van der Waals surface area contributed by atoms with Gasteiger partial charge in [0.15, 0.2) is 0 Å². The van der Waals surface area contributed by atoms with E-state index in [1.807, 2.05) is 12.1 Å². The minimum absolute atomic E-state index is 0.435. The van der Waals surface area contributed by atoms with Crippen LogP contribution in [0.2, 0.25) is 0 Å². The molecule has 1 aliphatic rings. The molecule has 1 saturated carbocycles. The third kappa shape index (κ3) is 3.42. The van der Waals surface area contributed by atoms with Gasteiger partial charge in [-0.1, -0.05) is 31.5 Å². The fraction of sp³-hybridized carbons (Fsp3) is 0.571. The van der Waals surface area contributed by atoms with Crippen molar-refractivity contribution in [1.82, 2.24) is 4.98 Å². The van der Waals surface area contributed by atoms with Gasteiger partial charge < -0.3 is 10.6 Å². The highest BCUT2D eigenvalue weighted by Gasteiger charge is 2.16. The Labute approximate surface area is 114 Å². The molecular formula is C14H21N3S. The molecule has 1 fully saturated rings. The third-order valence-corrected chi connectivity index (χ3v) is 3.91. The molecule has 2 N–H and O–H groups in total. The minimum atomic E-state index is 0.435. The van der Waals surface area contributed by atoms with Crippen LogP contribution in [-0.2, 0) is 0 Å². The predicted octanol–water partition coefficient (Wildman–Crippen LogP) is 2.73. The van der Waals surface area contributed by atoms with Crippen LogP contribution in [0, 0.1) is 5.92 Å². The second-order valence-corrected chi connectivity index (χ2v) is 5.59. The highest BCUT2D eigenvalue weighted by atomic mass is 32.1. The molecule has 0 aliphatic heterocycles. The molecule has 1 aliphatic carbocycles. The summed E-state index contributed by atoms with van der Waals surface area (Å²) in [6, 6.07) is 3.84. The zero-order valence-electron chi connectivity index (χ0n) is 10.9. The molecule has 1 aromatic heterocycles. The molecule has 98 valence electrons. The van der Waals surface area contributed by atoms with Crippen molar-refractivity contribution in [2.45, 2.75) is 32.1 Å². The molecule has 18 heavy (non-hydrogen) atoms. The molecule has 0 spiro atoms. The highest BCUT2D eigenvalue weighted by molar-refractivity contribution is 7.80. The van der Waals surface area contributed by atoms with Crippen molar-refractivity contribution < 1.29 is 0 Å². The maximum absolute atomic E-state index is 5.65. The predicted molar refractivity (Wildman–Crippen MR) is 80.0 cm³/mol. The summed E-state index contributed by atoms with van der Waals surface area (Å²) >= 11 is 5.00. The first-order valence-corrected chi connectivity index (χ1v) is 7.04. The van der Waals surface area contributed by atoms with Gasteiger partial charge >= 0.3 is 0 Å². The molecule has 0 saturated heterocycles. The van der Waals surface area contributed by atoms with Crippen molar-refractivity contribution in [3.05, 3.63) is 23.9 Å². The molecule has 0 unspecified atom stereocenters. The molecule has 0 bridgehead atoms. The van der Waals surface area contributed by atoms with Gasteiger partial charge in [0.1, 0.15) is 10.8 Å². The zero-order chi connectivity index (χ0) is 13.0. The minimum Gasteiger partial charge on any atom is -0.389 e. The van der Waals surface area contributed by atoms with Crippen molar-refractivity contribution in [3.63, 3.8) is 0 Å². The van der Waals surface area contributed by atoms with Crippen molar-refractivity contribution in [2.24, 2.45) is 11.7 Å². The molecule has 1 heterocycles. The standard InChI is InChI=1S/C14H21N3S/c1-17(10-11-5-3-2-4-6-11)13-9-12(14(15)18)7-8-16-13/h7-9,11H,2-6,10H2,1H3,(H2,15,18). The van der Waals surface area contributed by atoms with Crippen molar-refractivity contribution in [2.75, 3.05) is 18.5 Å². The number of nitrogens with zero attached hydrogens (tertiary/aromatic N) is 2. The van der Waals surface area contributed by atoms with Crippen LogP contribution in [0.5, 0.6) is 0 Å². The summed E-state index contributed by atoms with van der Waals surface area (Å²) in [5.74, 6) is 1.77. The number of rotatable bonds is 4. The Hall–Kier alpha value is -1.16. The van der Waals surface area contributed by atoms with Gasteiger partial charge in [0.2, 0.25) is 0 Å². The van der Waals surface area contributed by atoms with Crippen LogP contribution < -0.4 is 10.6 Å². The van der Waals surface area contributed by atoms with E-state index in [0.717, 1.165) is 23.8 Å². The lowest BCUT2D eigenvalue weighted by Gasteiger charge is -2.27. The van der Waals surface area contributed by atoms with Crippen molar-refractivity contribution in [1.29, 1.82) is 0 Å². The summed E-state index contributed by atoms with van der Waals surface area (Å²) in [6.45, 7) is 1.08. The smallest absolute Gasteiger partial charge is 0.128 e. The molecule has 0 atom stereocenters. The quantitative estimate of drug-likeness (QED) is 0.848. The van der Waals surface area contributed by atoms with Crippen LogP contribution >= 0.6 is 12.2 Å². The Kier molecular flexibility index (Phi) is 4.53. The Bertz CT molecular complexity index is 413. The first-order chi connectivity index (χ1) is 8.66. The summed E-state index contributed by atoms with van der Waals surface area (Å²) in [4.78, 5) is 7.05. The van der Waals surface area contributed by atoms with Crippen molar-refractivity contribution in [3.8, 4) is 0 Å². The van der Waals surface area contributed by atoms with Gasteiger partial charge in [0, 0.05) is 25.4 Å². The van der Waals surface area contributed by atoms with Crippen LogP contribution in [-0.4, -0.2) is 23.6 Å². The van der Waals surface area contributed by atoms with E-state index in [9.17, 15) is 0 Å². The molecule has 2 rings (SSSR count). The lowest BCUT2D eigenvalue weighted by Crippen LogP contribution is -2.27. The van der Waals surface area contributed by atoms with Crippen LogP contribution in [0.3, 0.4) is 0 Å². The van der Waals surface area contributed by atoms with Gasteiger partial charge in [-0.2, -0.15) is 0 Å². The lowest BCUT2D eigenvalue weighted by molar-refractivity contribution is 0.361. The van der Waals surface area contributed by atoms with Crippen molar-refractivity contribution >= 4 is 23.0 Å². The summed E-state index contributed by atoms with van der Waals surface area (Å²) < 4.78 is 0. The van der Waals surface area contributed by atoms with E-state index in [0.29, 0.717) is 4.99 Å². The van der Waals surface area contributed by atoms with Crippen LogP contribution in [0.15, 0.2) is 18.3 Å². The fourth-order valence-corrected chi connectivity index (χ4v) is 2.76. The van der Waals surface area contributed by atoms with E-state index >= 15 is 0 Å². The summed E-state index contributed by atoms with van der Waals surface area (Å²) in [6.07, 6.45) is 8.62. The zero-order valence-corrected chi connectivity index (χ0v) is 11.7. The number of hydrogen-bond acceptors (Lipinski definition) is 3. The van der Waals surface area contributed by atoms with Gasteiger partial charge in [-0.3, -0.25) is 0 Å². The maximum Gasteiger partial charge on any atom is 0.128 e. The van der Waals surface area contributed by atoms with Crippen LogP contribution in [0.4, 0.5) is 5.82 Å². The lowest BCUT2D eigenvalue weighted by atomic mass is 9.89. The van der Waals surface area contributed by atoms with E-state index in [2.05, 4.69) is 16.9 Å². The molecule has 1 aromatic rings. The number of hydrogen-bond donors (Lipinski definition) is 1. The first-order valence-electron chi connectivity index (χ1n) is 6.64. The van der Waals surface area contributed by atoms with Crippen LogP contribution in [0.25, 0.3) is 0 Å². The summed E-state index contributed by atoms with van der Waals surface area (Å²) in [5, 5.41) is 0. The normalized spacial score (nSPS) is 16.5. The van der Waals surface area contributed by atoms with E-state index in [-0.39, 0.29) is 0 Å². The SMILES string of the molecule is CN(CC1CCCCC1)c1cc(C(N)=S)ccn1. The number of aromatic nitrogens is 1. The van der Waals surface area contributed by atoms with Gasteiger partial charge in [0.05, 0.1) is 0 Å².